The number of hydrogen-bond donors (Lipinski definition) is 2. The quantitative estimate of drug-likeness (QED) is 0.558. The molecule has 0 aliphatic carbocycles. The van der Waals surface area contributed by atoms with Crippen LogP contribution < -0.4 is 15.7 Å². The largest absolute Gasteiger partial charge is 0.483 e. The van der Waals surface area contributed by atoms with Gasteiger partial charge in [0.1, 0.15) is 17.4 Å². The average molecular weight is 430 g/mol. The van der Waals surface area contributed by atoms with Gasteiger partial charge in [-0.05, 0) is 49.2 Å². The van der Waals surface area contributed by atoms with Crippen molar-refractivity contribution in [3.8, 4) is 5.75 Å². The molecular formula is C22H20ClNO6. The summed E-state index contributed by atoms with van der Waals surface area (Å²) in [6.07, 6.45) is 0.109. The smallest absolute Gasteiger partial charge is 0.336 e. The standard InChI is InChI=1S/C22H20ClNO6/c1-12-9-20(26)30-21-13(2)18(8-7-16(12)21)29-11-19(25)24-17(22(27)28)10-14-3-5-15(23)6-4-14/h3-9,17H,10-11H2,1-2H3,(H,24,25)(H,27,28)/t17-/m1/s1. The Hall–Kier alpha value is -3.32. The van der Waals surface area contributed by atoms with Crippen LogP contribution in [0.3, 0.4) is 0 Å². The van der Waals surface area contributed by atoms with Crippen LogP contribution in [0.1, 0.15) is 16.7 Å². The molecule has 1 aromatic heterocycles. The lowest BCUT2D eigenvalue weighted by molar-refractivity contribution is -0.142. The fraction of sp³-hybridized carbons (Fsp3) is 0.227. The molecule has 8 heteroatoms. The molecule has 1 atom stereocenters. The van der Waals surface area contributed by atoms with Gasteiger partial charge in [0.25, 0.3) is 5.91 Å². The molecular weight excluding hydrogens is 410 g/mol. The van der Waals surface area contributed by atoms with Gasteiger partial charge in [-0.25, -0.2) is 9.59 Å². The number of aryl methyl sites for hydroxylation is 2. The van der Waals surface area contributed by atoms with Gasteiger partial charge in [-0.3, -0.25) is 4.79 Å². The van der Waals surface area contributed by atoms with Gasteiger partial charge in [0.2, 0.25) is 0 Å². The van der Waals surface area contributed by atoms with Crippen molar-refractivity contribution in [1.29, 1.82) is 0 Å². The van der Waals surface area contributed by atoms with E-state index < -0.39 is 23.5 Å². The number of ether oxygens (including phenoxy) is 1. The van der Waals surface area contributed by atoms with E-state index >= 15 is 0 Å². The van der Waals surface area contributed by atoms with E-state index in [9.17, 15) is 19.5 Å². The van der Waals surface area contributed by atoms with Crippen molar-refractivity contribution in [2.45, 2.75) is 26.3 Å². The van der Waals surface area contributed by atoms with E-state index in [0.29, 0.717) is 21.9 Å². The highest BCUT2D eigenvalue weighted by atomic mass is 35.5. The van der Waals surface area contributed by atoms with E-state index in [1.54, 1.807) is 50.2 Å². The highest BCUT2D eigenvalue weighted by Crippen LogP contribution is 2.28. The molecule has 3 rings (SSSR count). The minimum Gasteiger partial charge on any atom is -0.483 e. The molecule has 0 saturated carbocycles. The summed E-state index contributed by atoms with van der Waals surface area (Å²) >= 11 is 5.83. The van der Waals surface area contributed by atoms with Crippen molar-refractivity contribution in [3.05, 3.63) is 74.6 Å². The third-order valence-corrected chi connectivity index (χ3v) is 4.92. The number of carboxylic acids is 1. The van der Waals surface area contributed by atoms with Crippen molar-refractivity contribution in [1.82, 2.24) is 5.32 Å². The van der Waals surface area contributed by atoms with E-state index in [1.165, 1.54) is 6.07 Å². The molecule has 7 nitrogen and oxygen atoms in total. The van der Waals surface area contributed by atoms with E-state index in [2.05, 4.69) is 5.32 Å². The highest BCUT2D eigenvalue weighted by molar-refractivity contribution is 6.30. The zero-order chi connectivity index (χ0) is 21.8. The summed E-state index contributed by atoms with van der Waals surface area (Å²) in [5, 5.41) is 13.2. The van der Waals surface area contributed by atoms with E-state index in [1.807, 2.05) is 0 Å². The SMILES string of the molecule is Cc1cc(=O)oc2c(C)c(OCC(=O)N[C@H](Cc3ccc(Cl)cc3)C(=O)O)ccc12. The topological polar surface area (TPSA) is 106 Å². The van der Waals surface area contributed by atoms with Crippen LogP contribution >= 0.6 is 11.6 Å². The highest BCUT2D eigenvalue weighted by Gasteiger charge is 2.21. The lowest BCUT2D eigenvalue weighted by Gasteiger charge is -2.16. The van der Waals surface area contributed by atoms with Crippen molar-refractivity contribution in [2.75, 3.05) is 6.61 Å². The molecule has 0 aliphatic rings. The molecule has 156 valence electrons. The maximum absolute atomic E-state index is 12.3. The zero-order valence-corrected chi connectivity index (χ0v) is 17.2. The van der Waals surface area contributed by atoms with E-state index in [4.69, 9.17) is 20.8 Å². The van der Waals surface area contributed by atoms with Gasteiger partial charge in [-0.15, -0.1) is 0 Å². The van der Waals surface area contributed by atoms with Crippen LogP contribution in [0.15, 0.2) is 51.7 Å². The number of carboxylic acid groups (broad SMARTS) is 1. The van der Waals surface area contributed by atoms with Crippen LogP contribution in [-0.4, -0.2) is 29.6 Å². The molecule has 1 heterocycles. The number of fused-ring (bicyclic) bond motifs is 1. The summed E-state index contributed by atoms with van der Waals surface area (Å²) in [6, 6.07) is 10.4. The monoisotopic (exact) mass is 429 g/mol. The number of carbonyl (C=O) groups excluding carboxylic acids is 1. The number of nitrogens with one attached hydrogen (secondary N) is 1. The summed E-state index contributed by atoms with van der Waals surface area (Å²) < 4.78 is 10.8. The van der Waals surface area contributed by atoms with E-state index in [-0.39, 0.29) is 13.0 Å². The van der Waals surface area contributed by atoms with Gasteiger partial charge in [0.05, 0.1) is 0 Å². The Balaban J connectivity index is 1.68. The third-order valence-electron chi connectivity index (χ3n) is 4.66. The molecule has 0 bridgehead atoms. The summed E-state index contributed by atoms with van der Waals surface area (Å²) in [4.78, 5) is 35.4. The number of aliphatic carboxylic acids is 1. The van der Waals surface area contributed by atoms with Crippen molar-refractivity contribution in [3.63, 3.8) is 0 Å². The van der Waals surface area contributed by atoms with Gasteiger partial charge in [-0.2, -0.15) is 0 Å². The maximum Gasteiger partial charge on any atom is 0.336 e. The minimum absolute atomic E-state index is 0.109. The molecule has 3 aromatic rings. The molecule has 30 heavy (non-hydrogen) atoms. The predicted molar refractivity (Wildman–Crippen MR) is 112 cm³/mol. The second-order valence-electron chi connectivity index (χ2n) is 6.89. The van der Waals surface area contributed by atoms with Gasteiger partial charge < -0.3 is 19.6 Å². The molecule has 1 amide bonds. The van der Waals surface area contributed by atoms with Crippen LogP contribution in [0.2, 0.25) is 5.02 Å². The van der Waals surface area contributed by atoms with Gasteiger partial charge >= 0.3 is 11.6 Å². The fourth-order valence-electron chi connectivity index (χ4n) is 3.09. The first kappa shape index (κ1) is 21.4. The van der Waals surface area contributed by atoms with Crippen molar-refractivity contribution >= 4 is 34.4 Å². The molecule has 0 spiro atoms. The molecule has 0 fully saturated rings. The fourth-order valence-corrected chi connectivity index (χ4v) is 3.22. The van der Waals surface area contributed by atoms with Crippen molar-refractivity contribution < 1.29 is 23.8 Å². The Morgan fingerprint density at radius 2 is 1.87 bits per heavy atom. The number of hydrogen-bond acceptors (Lipinski definition) is 5. The summed E-state index contributed by atoms with van der Waals surface area (Å²) in [7, 11) is 0. The number of amides is 1. The predicted octanol–water partition coefficient (Wildman–Crippen LogP) is 3.25. The molecule has 2 aromatic carbocycles. The summed E-state index contributed by atoms with van der Waals surface area (Å²) in [5.41, 5.74) is 2.01. The van der Waals surface area contributed by atoms with Crippen molar-refractivity contribution in [2.24, 2.45) is 0 Å². The summed E-state index contributed by atoms with van der Waals surface area (Å²) in [6.45, 7) is 3.14. The molecule has 0 saturated heterocycles. The minimum atomic E-state index is -1.16. The number of benzene rings is 2. The Labute approximate surface area is 177 Å². The molecule has 0 radical (unpaired) electrons. The first-order valence-corrected chi connectivity index (χ1v) is 9.56. The van der Waals surface area contributed by atoms with Crippen LogP contribution in [-0.2, 0) is 16.0 Å². The van der Waals surface area contributed by atoms with Crippen LogP contribution in [0.5, 0.6) is 5.75 Å². The van der Waals surface area contributed by atoms with Gasteiger partial charge in [-0.1, -0.05) is 23.7 Å². The first-order valence-electron chi connectivity index (χ1n) is 9.18. The number of rotatable bonds is 7. The number of carbonyl (C=O) groups is 2. The van der Waals surface area contributed by atoms with Crippen LogP contribution in [0.4, 0.5) is 0 Å². The lowest BCUT2D eigenvalue weighted by atomic mass is 10.1. The zero-order valence-electron chi connectivity index (χ0n) is 16.4. The van der Waals surface area contributed by atoms with Gasteiger partial charge in [0, 0.05) is 28.5 Å². The third kappa shape index (κ3) is 4.99. The van der Waals surface area contributed by atoms with E-state index in [0.717, 1.165) is 16.5 Å². The van der Waals surface area contributed by atoms with Gasteiger partial charge in [0.15, 0.2) is 6.61 Å². The maximum atomic E-state index is 12.3. The Morgan fingerprint density at radius 3 is 2.53 bits per heavy atom. The lowest BCUT2D eigenvalue weighted by Crippen LogP contribution is -2.44. The first-order chi connectivity index (χ1) is 14.2. The second kappa shape index (κ2) is 9.00. The normalized spacial score (nSPS) is 11.8. The Bertz CT molecular complexity index is 1150. The second-order valence-corrected chi connectivity index (χ2v) is 7.33. The Kier molecular flexibility index (Phi) is 6.42. The van der Waals surface area contributed by atoms with Crippen LogP contribution in [0.25, 0.3) is 11.0 Å². The number of halogens is 1. The molecule has 0 aliphatic heterocycles. The summed E-state index contributed by atoms with van der Waals surface area (Å²) in [5.74, 6) is -1.37. The Morgan fingerprint density at radius 1 is 1.17 bits per heavy atom. The average Bonchev–Trinajstić information content (AvgIpc) is 2.69. The van der Waals surface area contributed by atoms with Crippen LogP contribution in [0, 0.1) is 13.8 Å². The molecule has 2 N–H and O–H groups in total. The molecule has 0 unspecified atom stereocenters.